The summed E-state index contributed by atoms with van der Waals surface area (Å²) < 4.78 is 0. The van der Waals surface area contributed by atoms with Crippen LogP contribution < -0.4 is 4.98 Å². The molecule has 1 aliphatic rings. The van der Waals surface area contributed by atoms with Gasteiger partial charge in [0.05, 0.1) is 0 Å². The summed E-state index contributed by atoms with van der Waals surface area (Å²) >= 11 is 0. The maximum Gasteiger partial charge on any atom is 0.123 e. The number of nitrogens with one attached hydrogen (secondary N) is 1. The van der Waals surface area contributed by atoms with Crippen molar-refractivity contribution in [3.63, 3.8) is 0 Å². The molecule has 3 nitrogen and oxygen atoms in total. The Bertz CT molecular complexity index is 253. The number of hydrogen-bond donors (Lipinski definition) is 1. The maximum atomic E-state index is 3.64. The van der Waals surface area contributed by atoms with Crippen molar-refractivity contribution in [1.82, 2.24) is 14.8 Å². The SMILES string of the molecule is CN[Si](C)(C)C1CC(N(C)C)C(C)C1N(C)C. The van der Waals surface area contributed by atoms with Crippen LogP contribution in [-0.2, 0) is 0 Å². The van der Waals surface area contributed by atoms with Crippen LogP contribution in [0.15, 0.2) is 0 Å². The van der Waals surface area contributed by atoms with Crippen LogP contribution in [0.3, 0.4) is 0 Å². The Morgan fingerprint density at radius 3 is 1.94 bits per heavy atom. The molecule has 1 saturated carbocycles. The lowest BCUT2D eigenvalue weighted by atomic mass is 10.0. The van der Waals surface area contributed by atoms with Gasteiger partial charge in [-0.1, -0.05) is 20.0 Å². The second kappa shape index (κ2) is 5.39. The number of nitrogens with zero attached hydrogens (tertiary/aromatic N) is 2. The minimum absolute atomic E-state index is 0.719. The Kier molecular flexibility index (Phi) is 4.80. The van der Waals surface area contributed by atoms with E-state index in [2.05, 4.69) is 70.0 Å². The molecule has 0 spiro atoms. The lowest BCUT2D eigenvalue weighted by Crippen LogP contribution is -2.52. The standard InChI is InChI=1S/C13H31N3Si/c1-10-11(15(3)4)9-12(13(10)16(5)6)17(7,8)14-2/h10-14H,9H2,1-8H3. The quantitative estimate of drug-likeness (QED) is 0.773. The van der Waals surface area contributed by atoms with E-state index < -0.39 is 8.24 Å². The monoisotopic (exact) mass is 257 g/mol. The van der Waals surface area contributed by atoms with Gasteiger partial charge in [-0.25, -0.2) is 0 Å². The van der Waals surface area contributed by atoms with Crippen LogP contribution in [0.2, 0.25) is 18.6 Å². The van der Waals surface area contributed by atoms with Gasteiger partial charge in [0.25, 0.3) is 0 Å². The van der Waals surface area contributed by atoms with Gasteiger partial charge in [-0.15, -0.1) is 0 Å². The fourth-order valence-corrected chi connectivity index (χ4v) is 6.28. The van der Waals surface area contributed by atoms with Crippen LogP contribution in [0.25, 0.3) is 0 Å². The summed E-state index contributed by atoms with van der Waals surface area (Å²) in [4.78, 5) is 8.51. The second-order valence-corrected chi connectivity index (χ2v) is 11.3. The summed E-state index contributed by atoms with van der Waals surface area (Å²) in [6.45, 7) is 7.37. The Balaban J connectivity index is 2.97. The van der Waals surface area contributed by atoms with Gasteiger partial charge in [-0.05, 0) is 53.1 Å². The zero-order valence-electron chi connectivity index (χ0n) is 12.9. The number of rotatable bonds is 4. The van der Waals surface area contributed by atoms with Crippen molar-refractivity contribution in [3.8, 4) is 0 Å². The van der Waals surface area contributed by atoms with Crippen LogP contribution in [0.1, 0.15) is 13.3 Å². The van der Waals surface area contributed by atoms with E-state index in [9.17, 15) is 0 Å². The smallest absolute Gasteiger partial charge is 0.123 e. The van der Waals surface area contributed by atoms with Crippen LogP contribution in [-0.4, -0.2) is 65.4 Å². The van der Waals surface area contributed by atoms with Gasteiger partial charge in [0, 0.05) is 12.1 Å². The molecule has 0 heterocycles. The van der Waals surface area contributed by atoms with Gasteiger partial charge < -0.3 is 14.8 Å². The third-order valence-electron chi connectivity index (χ3n) is 4.88. The first-order chi connectivity index (χ1) is 7.72. The molecular formula is C13H31N3Si. The van der Waals surface area contributed by atoms with Crippen molar-refractivity contribution in [3.05, 3.63) is 0 Å². The van der Waals surface area contributed by atoms with E-state index in [-0.39, 0.29) is 0 Å². The molecule has 1 aliphatic carbocycles. The van der Waals surface area contributed by atoms with Gasteiger partial charge >= 0.3 is 0 Å². The van der Waals surface area contributed by atoms with Crippen molar-refractivity contribution in [2.75, 3.05) is 35.2 Å². The minimum atomic E-state index is -1.32. The highest BCUT2D eigenvalue weighted by Crippen LogP contribution is 2.44. The predicted molar refractivity (Wildman–Crippen MR) is 79.0 cm³/mol. The van der Waals surface area contributed by atoms with Crippen molar-refractivity contribution < 1.29 is 0 Å². The average molecular weight is 257 g/mol. The lowest BCUT2D eigenvalue weighted by Gasteiger charge is -2.38. The Hall–Kier alpha value is 0.0969. The van der Waals surface area contributed by atoms with E-state index in [0.717, 1.165) is 23.5 Å². The van der Waals surface area contributed by atoms with Crippen LogP contribution in [0.5, 0.6) is 0 Å². The highest BCUT2D eigenvalue weighted by molar-refractivity contribution is 6.76. The summed E-state index contributed by atoms with van der Waals surface area (Å²) in [6.07, 6.45) is 1.34. The summed E-state index contributed by atoms with van der Waals surface area (Å²) in [5.41, 5.74) is 0.838. The second-order valence-electron chi connectivity index (χ2n) is 6.66. The zero-order valence-corrected chi connectivity index (χ0v) is 13.9. The molecule has 4 atom stereocenters. The Morgan fingerprint density at radius 2 is 1.59 bits per heavy atom. The molecule has 0 aromatic rings. The van der Waals surface area contributed by atoms with Gasteiger partial charge in [0.15, 0.2) is 0 Å². The van der Waals surface area contributed by atoms with E-state index in [1.165, 1.54) is 6.42 Å². The van der Waals surface area contributed by atoms with Crippen molar-refractivity contribution in [2.45, 2.75) is 44.1 Å². The topological polar surface area (TPSA) is 18.5 Å². The minimum Gasteiger partial charge on any atom is -0.340 e. The first-order valence-corrected chi connectivity index (χ1v) is 9.82. The molecule has 4 unspecified atom stereocenters. The van der Waals surface area contributed by atoms with E-state index in [1.807, 2.05) is 0 Å². The summed E-state index contributed by atoms with van der Waals surface area (Å²) in [6, 6.07) is 1.45. The third-order valence-corrected chi connectivity index (χ3v) is 8.60. The predicted octanol–water partition coefficient (Wildman–Crippen LogP) is 1.68. The Morgan fingerprint density at radius 1 is 1.06 bits per heavy atom. The molecule has 102 valence electrons. The van der Waals surface area contributed by atoms with Crippen molar-refractivity contribution in [2.24, 2.45) is 5.92 Å². The molecule has 17 heavy (non-hydrogen) atoms. The largest absolute Gasteiger partial charge is 0.340 e. The molecule has 0 bridgehead atoms. The first kappa shape index (κ1) is 15.2. The first-order valence-electron chi connectivity index (χ1n) is 6.74. The Labute approximate surface area is 109 Å². The molecule has 4 heteroatoms. The summed E-state index contributed by atoms with van der Waals surface area (Å²) in [5.74, 6) is 0.755. The van der Waals surface area contributed by atoms with Gasteiger partial charge in [-0.2, -0.15) is 0 Å². The van der Waals surface area contributed by atoms with Crippen LogP contribution >= 0.6 is 0 Å². The average Bonchev–Trinajstić information content (AvgIpc) is 2.56. The third kappa shape index (κ3) is 2.92. The lowest BCUT2D eigenvalue weighted by molar-refractivity contribution is 0.186. The molecule has 0 aromatic heterocycles. The fourth-order valence-electron chi connectivity index (χ4n) is 3.63. The van der Waals surface area contributed by atoms with E-state index in [1.54, 1.807) is 0 Å². The zero-order chi connectivity index (χ0) is 13.4. The molecule has 0 radical (unpaired) electrons. The molecule has 1 N–H and O–H groups in total. The van der Waals surface area contributed by atoms with Gasteiger partial charge in [0.1, 0.15) is 8.24 Å². The highest BCUT2D eigenvalue weighted by Gasteiger charge is 2.49. The molecule has 0 amide bonds. The number of hydrogen-bond acceptors (Lipinski definition) is 3. The molecule has 0 aromatic carbocycles. The molecule has 1 rings (SSSR count). The summed E-state index contributed by atoms with van der Waals surface area (Å²) in [7, 11) is 9.77. The maximum absolute atomic E-state index is 3.64. The fraction of sp³-hybridized carbons (Fsp3) is 1.00. The van der Waals surface area contributed by atoms with E-state index in [4.69, 9.17) is 0 Å². The van der Waals surface area contributed by atoms with Gasteiger partial charge in [-0.3, -0.25) is 0 Å². The van der Waals surface area contributed by atoms with Crippen molar-refractivity contribution in [1.29, 1.82) is 0 Å². The molecule has 0 saturated heterocycles. The molecule has 0 aliphatic heterocycles. The highest BCUT2D eigenvalue weighted by atomic mass is 28.3. The van der Waals surface area contributed by atoms with Crippen LogP contribution in [0.4, 0.5) is 0 Å². The van der Waals surface area contributed by atoms with E-state index in [0.29, 0.717) is 0 Å². The van der Waals surface area contributed by atoms with Gasteiger partial charge in [0.2, 0.25) is 0 Å². The van der Waals surface area contributed by atoms with E-state index >= 15 is 0 Å². The van der Waals surface area contributed by atoms with Crippen molar-refractivity contribution >= 4 is 8.24 Å². The molecular weight excluding hydrogens is 226 g/mol. The van der Waals surface area contributed by atoms with Crippen LogP contribution in [0, 0.1) is 5.92 Å². The summed E-state index contributed by atoms with van der Waals surface area (Å²) in [5, 5.41) is 0. The molecule has 1 fully saturated rings. The normalized spacial score (nSPS) is 34.9.